The Morgan fingerprint density at radius 1 is 1.47 bits per heavy atom. The van der Waals surface area contributed by atoms with Crippen LogP contribution in [-0.2, 0) is 4.74 Å². The molecule has 1 N–H and O–H groups in total. The molecule has 1 aliphatic rings. The van der Waals surface area contributed by atoms with Crippen LogP contribution >= 0.6 is 15.9 Å². The van der Waals surface area contributed by atoms with Gasteiger partial charge < -0.3 is 14.6 Å². The molecule has 1 unspecified atom stereocenters. The second kappa shape index (κ2) is 4.98. The maximum absolute atomic E-state index is 12.4. The lowest BCUT2D eigenvalue weighted by Crippen LogP contribution is -2.44. The van der Waals surface area contributed by atoms with Crippen LogP contribution in [0.25, 0.3) is 10.9 Å². The molecule has 1 atom stereocenters. The predicted molar refractivity (Wildman–Crippen MR) is 77.3 cm³/mol. The first-order chi connectivity index (χ1) is 9.13. The number of ether oxygens (including phenoxy) is 1. The Morgan fingerprint density at radius 2 is 2.32 bits per heavy atom. The Morgan fingerprint density at radius 3 is 3.11 bits per heavy atom. The van der Waals surface area contributed by atoms with E-state index in [0.717, 1.165) is 15.4 Å². The van der Waals surface area contributed by atoms with Gasteiger partial charge in [0.1, 0.15) is 5.69 Å². The zero-order valence-corrected chi connectivity index (χ0v) is 12.2. The molecule has 1 aromatic heterocycles. The molecule has 1 saturated heterocycles. The van der Waals surface area contributed by atoms with Gasteiger partial charge in [-0.25, -0.2) is 0 Å². The fourth-order valence-corrected chi connectivity index (χ4v) is 2.75. The van der Waals surface area contributed by atoms with Crippen LogP contribution in [0.3, 0.4) is 0 Å². The molecule has 0 radical (unpaired) electrons. The molecule has 2 aromatic rings. The monoisotopic (exact) mass is 322 g/mol. The molecule has 0 saturated carbocycles. The minimum Gasteiger partial charge on any atom is -0.375 e. The molecular weight excluding hydrogens is 308 g/mol. The van der Waals surface area contributed by atoms with Crippen LogP contribution in [-0.4, -0.2) is 41.6 Å². The van der Waals surface area contributed by atoms with E-state index in [0.29, 0.717) is 25.4 Å². The summed E-state index contributed by atoms with van der Waals surface area (Å²) in [7, 11) is 0. The normalized spacial score (nSPS) is 19.9. The van der Waals surface area contributed by atoms with Gasteiger partial charge in [0.05, 0.1) is 12.7 Å². The molecule has 0 aliphatic carbocycles. The van der Waals surface area contributed by atoms with Gasteiger partial charge in [0.25, 0.3) is 5.91 Å². The summed E-state index contributed by atoms with van der Waals surface area (Å²) in [5.74, 6) is 0.0440. The molecule has 2 heterocycles. The highest BCUT2D eigenvalue weighted by Crippen LogP contribution is 2.21. The maximum Gasteiger partial charge on any atom is 0.270 e. The van der Waals surface area contributed by atoms with E-state index in [1.54, 1.807) is 0 Å². The number of amides is 1. The van der Waals surface area contributed by atoms with Crippen molar-refractivity contribution < 1.29 is 9.53 Å². The minimum absolute atomic E-state index is 0.0440. The number of rotatable bonds is 1. The van der Waals surface area contributed by atoms with E-state index in [4.69, 9.17) is 4.74 Å². The van der Waals surface area contributed by atoms with Crippen LogP contribution in [0.5, 0.6) is 0 Å². The number of H-pyrrole nitrogens is 1. The third-order valence-electron chi connectivity index (χ3n) is 3.34. The van der Waals surface area contributed by atoms with Crippen LogP contribution in [0.1, 0.15) is 17.4 Å². The molecular formula is C14H15BrN2O2. The highest BCUT2D eigenvalue weighted by atomic mass is 79.9. The number of carbonyl (C=O) groups is 1. The quantitative estimate of drug-likeness (QED) is 0.877. The van der Waals surface area contributed by atoms with Crippen molar-refractivity contribution in [2.75, 3.05) is 19.7 Å². The first-order valence-electron chi connectivity index (χ1n) is 6.32. The van der Waals surface area contributed by atoms with E-state index < -0.39 is 0 Å². The van der Waals surface area contributed by atoms with Crippen LogP contribution in [0.15, 0.2) is 28.7 Å². The molecule has 1 aliphatic heterocycles. The third-order valence-corrected chi connectivity index (χ3v) is 3.84. The van der Waals surface area contributed by atoms with E-state index in [-0.39, 0.29) is 12.0 Å². The zero-order chi connectivity index (χ0) is 13.4. The van der Waals surface area contributed by atoms with Crippen molar-refractivity contribution in [1.82, 2.24) is 9.88 Å². The number of aromatic nitrogens is 1. The van der Waals surface area contributed by atoms with Crippen molar-refractivity contribution in [2.45, 2.75) is 13.0 Å². The molecule has 0 bridgehead atoms. The number of hydrogen-bond acceptors (Lipinski definition) is 2. The summed E-state index contributed by atoms with van der Waals surface area (Å²) in [4.78, 5) is 17.5. The second-order valence-electron chi connectivity index (χ2n) is 4.85. The van der Waals surface area contributed by atoms with Crippen LogP contribution in [0.4, 0.5) is 0 Å². The summed E-state index contributed by atoms with van der Waals surface area (Å²) in [6.07, 6.45) is 0.108. The average molecular weight is 323 g/mol. The van der Waals surface area contributed by atoms with Gasteiger partial charge in [-0.1, -0.05) is 22.0 Å². The van der Waals surface area contributed by atoms with Gasteiger partial charge >= 0.3 is 0 Å². The molecule has 3 rings (SSSR count). The highest BCUT2D eigenvalue weighted by Gasteiger charge is 2.23. The SMILES string of the molecule is CC1CN(C(=O)c2cc3ccc(Br)cc3[nH]2)CCO1. The van der Waals surface area contributed by atoms with Gasteiger partial charge in [-0.3, -0.25) is 4.79 Å². The number of nitrogens with one attached hydrogen (secondary N) is 1. The Bertz CT molecular complexity index is 623. The van der Waals surface area contributed by atoms with E-state index in [1.807, 2.05) is 36.1 Å². The van der Waals surface area contributed by atoms with Crippen molar-refractivity contribution in [3.8, 4) is 0 Å². The number of morpholine rings is 1. The van der Waals surface area contributed by atoms with Crippen LogP contribution in [0.2, 0.25) is 0 Å². The lowest BCUT2D eigenvalue weighted by Gasteiger charge is -2.30. The lowest BCUT2D eigenvalue weighted by molar-refractivity contribution is -0.0126. The second-order valence-corrected chi connectivity index (χ2v) is 5.76. The van der Waals surface area contributed by atoms with E-state index >= 15 is 0 Å². The van der Waals surface area contributed by atoms with Gasteiger partial charge in [0.2, 0.25) is 0 Å². The molecule has 1 fully saturated rings. The van der Waals surface area contributed by atoms with Gasteiger partial charge in [0, 0.05) is 28.5 Å². The summed E-state index contributed by atoms with van der Waals surface area (Å²) < 4.78 is 6.46. The number of halogens is 1. The summed E-state index contributed by atoms with van der Waals surface area (Å²) in [5, 5.41) is 1.05. The Hall–Kier alpha value is -1.33. The Kier molecular flexibility index (Phi) is 3.33. The fraction of sp³-hybridized carbons (Fsp3) is 0.357. The van der Waals surface area contributed by atoms with Crippen molar-refractivity contribution in [3.63, 3.8) is 0 Å². The predicted octanol–water partition coefficient (Wildman–Crippen LogP) is 2.79. The van der Waals surface area contributed by atoms with Crippen LogP contribution < -0.4 is 0 Å². The number of nitrogens with zero attached hydrogens (tertiary/aromatic N) is 1. The molecule has 1 amide bonds. The number of benzene rings is 1. The van der Waals surface area contributed by atoms with Gasteiger partial charge in [-0.2, -0.15) is 0 Å². The van der Waals surface area contributed by atoms with Crippen LogP contribution in [0, 0.1) is 0 Å². The zero-order valence-electron chi connectivity index (χ0n) is 10.6. The van der Waals surface area contributed by atoms with Crippen molar-refractivity contribution in [2.24, 2.45) is 0 Å². The molecule has 0 spiro atoms. The first kappa shape index (κ1) is 12.7. The van der Waals surface area contributed by atoms with Crippen molar-refractivity contribution >= 4 is 32.7 Å². The van der Waals surface area contributed by atoms with Gasteiger partial charge in [-0.15, -0.1) is 0 Å². The molecule has 1 aromatic carbocycles. The van der Waals surface area contributed by atoms with E-state index in [1.165, 1.54) is 0 Å². The van der Waals surface area contributed by atoms with Crippen molar-refractivity contribution in [1.29, 1.82) is 0 Å². The smallest absolute Gasteiger partial charge is 0.270 e. The van der Waals surface area contributed by atoms with E-state index in [2.05, 4.69) is 20.9 Å². The number of fused-ring (bicyclic) bond motifs is 1. The number of hydrogen-bond donors (Lipinski definition) is 1. The average Bonchev–Trinajstić information content (AvgIpc) is 2.80. The standard InChI is InChI=1S/C14H15BrN2O2/c1-9-8-17(4-5-19-9)14(18)13-6-10-2-3-11(15)7-12(10)16-13/h2-3,6-7,9,16H,4-5,8H2,1H3. The fourth-order valence-electron chi connectivity index (χ4n) is 2.39. The largest absolute Gasteiger partial charge is 0.375 e. The Labute approximate surface area is 119 Å². The lowest BCUT2D eigenvalue weighted by atomic mass is 10.2. The summed E-state index contributed by atoms with van der Waals surface area (Å²) in [5.41, 5.74) is 1.61. The number of aromatic amines is 1. The molecule has 19 heavy (non-hydrogen) atoms. The number of carbonyl (C=O) groups excluding carboxylic acids is 1. The topological polar surface area (TPSA) is 45.3 Å². The van der Waals surface area contributed by atoms with Gasteiger partial charge in [0.15, 0.2) is 0 Å². The minimum atomic E-state index is 0.0440. The molecule has 4 nitrogen and oxygen atoms in total. The van der Waals surface area contributed by atoms with Crippen molar-refractivity contribution in [3.05, 3.63) is 34.4 Å². The third kappa shape index (κ3) is 2.53. The van der Waals surface area contributed by atoms with E-state index in [9.17, 15) is 4.79 Å². The maximum atomic E-state index is 12.4. The van der Waals surface area contributed by atoms with Gasteiger partial charge in [-0.05, 0) is 25.1 Å². The molecule has 100 valence electrons. The Balaban J connectivity index is 1.88. The summed E-state index contributed by atoms with van der Waals surface area (Å²) in [6.45, 7) is 3.90. The summed E-state index contributed by atoms with van der Waals surface area (Å²) in [6, 6.07) is 7.86. The highest BCUT2D eigenvalue weighted by molar-refractivity contribution is 9.10. The first-order valence-corrected chi connectivity index (χ1v) is 7.12. The summed E-state index contributed by atoms with van der Waals surface area (Å²) >= 11 is 3.43. The molecule has 5 heteroatoms.